The minimum Gasteiger partial charge on any atom is -0.381 e. The van der Waals surface area contributed by atoms with Crippen molar-refractivity contribution in [2.75, 3.05) is 46.1 Å². The molecule has 0 aromatic carbocycles. The Balaban J connectivity index is 0.00000338. The SMILES string of the molecule is CCNC(=NCC1CCCCCCC1)NCCCOCC1CCOC1.I. The van der Waals surface area contributed by atoms with Crippen LogP contribution in [0, 0.1) is 11.8 Å². The van der Waals surface area contributed by atoms with Crippen molar-refractivity contribution < 1.29 is 9.47 Å². The summed E-state index contributed by atoms with van der Waals surface area (Å²) in [5.74, 6) is 2.34. The van der Waals surface area contributed by atoms with E-state index in [0.29, 0.717) is 5.92 Å². The lowest BCUT2D eigenvalue weighted by molar-refractivity contribution is 0.0888. The van der Waals surface area contributed by atoms with E-state index >= 15 is 0 Å². The lowest BCUT2D eigenvalue weighted by atomic mass is 9.91. The summed E-state index contributed by atoms with van der Waals surface area (Å²) in [4.78, 5) is 4.83. The monoisotopic (exact) mass is 481 g/mol. The molecule has 1 atom stereocenters. The van der Waals surface area contributed by atoms with Gasteiger partial charge in [-0.1, -0.05) is 32.1 Å². The molecule has 2 N–H and O–H groups in total. The van der Waals surface area contributed by atoms with E-state index in [1.54, 1.807) is 0 Å². The van der Waals surface area contributed by atoms with Crippen LogP contribution < -0.4 is 10.6 Å². The van der Waals surface area contributed by atoms with Gasteiger partial charge in [0, 0.05) is 38.8 Å². The second-order valence-corrected chi connectivity index (χ2v) is 7.52. The molecule has 1 unspecified atom stereocenters. The molecule has 26 heavy (non-hydrogen) atoms. The average molecular weight is 481 g/mol. The first-order valence-corrected chi connectivity index (χ1v) is 10.6. The van der Waals surface area contributed by atoms with E-state index < -0.39 is 0 Å². The summed E-state index contributed by atoms with van der Waals surface area (Å²) in [7, 11) is 0. The Morgan fingerprint density at radius 1 is 1.04 bits per heavy atom. The van der Waals surface area contributed by atoms with E-state index in [2.05, 4.69) is 17.6 Å². The number of guanidine groups is 1. The van der Waals surface area contributed by atoms with E-state index in [1.165, 1.54) is 44.9 Å². The van der Waals surface area contributed by atoms with Crippen LogP contribution >= 0.6 is 24.0 Å². The molecule has 1 aliphatic heterocycles. The molecule has 154 valence electrons. The molecule has 0 amide bonds. The topological polar surface area (TPSA) is 54.9 Å². The van der Waals surface area contributed by atoms with Gasteiger partial charge in [0.25, 0.3) is 0 Å². The highest BCUT2D eigenvalue weighted by Crippen LogP contribution is 2.22. The third-order valence-electron chi connectivity index (χ3n) is 5.21. The minimum absolute atomic E-state index is 0. The summed E-state index contributed by atoms with van der Waals surface area (Å²) in [6, 6.07) is 0. The van der Waals surface area contributed by atoms with E-state index in [0.717, 1.165) is 70.8 Å². The fourth-order valence-corrected chi connectivity index (χ4v) is 3.63. The molecule has 5 nitrogen and oxygen atoms in total. The van der Waals surface area contributed by atoms with Crippen LogP contribution in [0.25, 0.3) is 0 Å². The van der Waals surface area contributed by atoms with E-state index in [-0.39, 0.29) is 24.0 Å². The molecule has 1 aliphatic carbocycles. The third-order valence-corrected chi connectivity index (χ3v) is 5.21. The van der Waals surface area contributed by atoms with Gasteiger partial charge in [0.05, 0.1) is 13.2 Å². The quantitative estimate of drug-likeness (QED) is 0.227. The maximum absolute atomic E-state index is 5.76. The van der Waals surface area contributed by atoms with Gasteiger partial charge in [-0.25, -0.2) is 0 Å². The van der Waals surface area contributed by atoms with E-state index in [4.69, 9.17) is 14.5 Å². The fraction of sp³-hybridized carbons (Fsp3) is 0.950. The largest absolute Gasteiger partial charge is 0.381 e. The van der Waals surface area contributed by atoms with Gasteiger partial charge in [-0.2, -0.15) is 0 Å². The molecule has 6 heteroatoms. The van der Waals surface area contributed by atoms with Crippen molar-refractivity contribution in [1.29, 1.82) is 0 Å². The first kappa shape index (κ1) is 24.0. The Morgan fingerprint density at radius 2 is 1.81 bits per heavy atom. The highest BCUT2D eigenvalue weighted by Gasteiger charge is 2.15. The molecule has 1 saturated carbocycles. The standard InChI is InChI=1S/C20H39N3O2.HI/c1-2-21-20(23-15-18-9-6-4-3-5-7-10-18)22-12-8-13-24-16-19-11-14-25-17-19;/h18-19H,2-17H2,1H3,(H2,21,22,23);1H. The van der Waals surface area contributed by atoms with Gasteiger partial charge in [-0.15, -0.1) is 24.0 Å². The van der Waals surface area contributed by atoms with Crippen LogP contribution in [0.5, 0.6) is 0 Å². The van der Waals surface area contributed by atoms with Crippen LogP contribution in [0.4, 0.5) is 0 Å². The zero-order valence-corrected chi connectivity index (χ0v) is 19.0. The molecule has 1 saturated heterocycles. The molecular formula is C20H40IN3O2. The molecule has 2 aliphatic rings. The van der Waals surface area contributed by atoms with Gasteiger partial charge in [-0.3, -0.25) is 4.99 Å². The molecule has 0 aromatic heterocycles. The van der Waals surface area contributed by atoms with Crippen molar-refractivity contribution in [2.24, 2.45) is 16.8 Å². The lowest BCUT2D eigenvalue weighted by Crippen LogP contribution is -2.38. The second-order valence-electron chi connectivity index (χ2n) is 7.52. The predicted molar refractivity (Wildman–Crippen MR) is 120 cm³/mol. The predicted octanol–water partition coefficient (Wildman–Crippen LogP) is 3.96. The van der Waals surface area contributed by atoms with Gasteiger partial charge in [0.15, 0.2) is 5.96 Å². The third kappa shape index (κ3) is 10.9. The van der Waals surface area contributed by atoms with Crippen LogP contribution in [0.1, 0.15) is 64.7 Å². The number of ether oxygens (including phenoxy) is 2. The van der Waals surface area contributed by atoms with E-state index in [1.807, 2.05) is 0 Å². The van der Waals surface area contributed by atoms with E-state index in [9.17, 15) is 0 Å². The Bertz CT molecular complexity index is 355. The smallest absolute Gasteiger partial charge is 0.191 e. The summed E-state index contributed by atoms with van der Waals surface area (Å²) in [5.41, 5.74) is 0. The van der Waals surface area contributed by atoms with Crippen LogP contribution in [-0.2, 0) is 9.47 Å². The number of hydrogen-bond donors (Lipinski definition) is 2. The fourth-order valence-electron chi connectivity index (χ4n) is 3.63. The number of nitrogens with zero attached hydrogens (tertiary/aromatic N) is 1. The number of rotatable bonds is 9. The zero-order valence-electron chi connectivity index (χ0n) is 16.6. The molecule has 2 fully saturated rings. The Morgan fingerprint density at radius 3 is 2.50 bits per heavy atom. The van der Waals surface area contributed by atoms with Crippen LogP contribution in [0.3, 0.4) is 0 Å². The average Bonchev–Trinajstić information content (AvgIpc) is 3.10. The normalized spacial score (nSPS) is 22.3. The van der Waals surface area contributed by atoms with Gasteiger partial charge in [0.2, 0.25) is 0 Å². The van der Waals surface area contributed by atoms with Crippen LogP contribution in [-0.4, -0.2) is 52.0 Å². The molecule has 0 aromatic rings. The van der Waals surface area contributed by atoms with Crippen molar-refractivity contribution in [3.63, 3.8) is 0 Å². The summed E-state index contributed by atoms with van der Waals surface area (Å²) < 4.78 is 11.1. The Kier molecular flexibility index (Phi) is 14.7. The maximum atomic E-state index is 5.76. The number of halogens is 1. The first-order chi connectivity index (χ1) is 12.4. The molecule has 1 heterocycles. The highest BCUT2D eigenvalue weighted by atomic mass is 127. The van der Waals surface area contributed by atoms with Crippen molar-refractivity contribution >= 4 is 29.9 Å². The van der Waals surface area contributed by atoms with Gasteiger partial charge in [-0.05, 0) is 38.5 Å². The summed E-state index contributed by atoms with van der Waals surface area (Å²) in [5, 5.41) is 6.82. The zero-order chi connectivity index (χ0) is 17.6. The maximum Gasteiger partial charge on any atom is 0.191 e. The lowest BCUT2D eigenvalue weighted by Gasteiger charge is -2.19. The van der Waals surface area contributed by atoms with Gasteiger partial charge >= 0.3 is 0 Å². The Labute approximate surface area is 177 Å². The van der Waals surface area contributed by atoms with Crippen molar-refractivity contribution in [1.82, 2.24) is 10.6 Å². The number of hydrogen-bond acceptors (Lipinski definition) is 3. The number of aliphatic imine (C=N–C) groups is 1. The Hall–Kier alpha value is -0.0800. The molecule has 0 bridgehead atoms. The summed E-state index contributed by atoms with van der Waals surface area (Å²) in [6.07, 6.45) is 11.9. The molecule has 0 radical (unpaired) electrons. The molecule has 0 spiro atoms. The van der Waals surface area contributed by atoms with Crippen molar-refractivity contribution in [2.45, 2.75) is 64.7 Å². The second kappa shape index (κ2) is 15.9. The van der Waals surface area contributed by atoms with Gasteiger partial charge in [0.1, 0.15) is 0 Å². The van der Waals surface area contributed by atoms with Crippen molar-refractivity contribution in [3.05, 3.63) is 0 Å². The molecular weight excluding hydrogens is 441 g/mol. The number of nitrogens with one attached hydrogen (secondary N) is 2. The first-order valence-electron chi connectivity index (χ1n) is 10.6. The highest BCUT2D eigenvalue weighted by molar-refractivity contribution is 14.0. The van der Waals surface area contributed by atoms with Crippen molar-refractivity contribution in [3.8, 4) is 0 Å². The molecule has 2 rings (SSSR count). The van der Waals surface area contributed by atoms with Gasteiger partial charge < -0.3 is 20.1 Å². The van der Waals surface area contributed by atoms with Crippen LogP contribution in [0.15, 0.2) is 4.99 Å². The summed E-state index contributed by atoms with van der Waals surface area (Å²) >= 11 is 0. The minimum atomic E-state index is 0. The summed E-state index contributed by atoms with van der Waals surface area (Å²) in [6.45, 7) is 8.34. The van der Waals surface area contributed by atoms with Crippen LogP contribution in [0.2, 0.25) is 0 Å².